The van der Waals surface area contributed by atoms with Gasteiger partial charge in [-0.3, -0.25) is 4.79 Å². The third-order valence-electron chi connectivity index (χ3n) is 3.46. The van der Waals surface area contributed by atoms with Crippen LogP contribution in [-0.2, 0) is 11.2 Å². The predicted molar refractivity (Wildman–Crippen MR) is 95.1 cm³/mol. The summed E-state index contributed by atoms with van der Waals surface area (Å²) in [6.45, 7) is 9.51. The fourth-order valence-electron chi connectivity index (χ4n) is 2.03. The fourth-order valence-corrected chi connectivity index (χ4v) is 2.03. The highest BCUT2D eigenvalue weighted by atomic mass is 16.3. The molecule has 0 unspecified atom stereocenters. The lowest BCUT2D eigenvalue weighted by atomic mass is 9.93. The molecular weight excluding hydrogens is 278 g/mol. The lowest BCUT2D eigenvalue weighted by Gasteiger charge is -2.20. The fraction of sp³-hybridized carbons (Fsp3) is 0.611. The van der Waals surface area contributed by atoms with Gasteiger partial charge in [0.2, 0.25) is 0 Å². The molecule has 0 aliphatic carbocycles. The zero-order chi connectivity index (χ0) is 17.3. The number of rotatable bonds is 6. The number of Topliss-reactive ketones (excluding diaryl/α,β-unsaturated/α-hetero) is 1. The van der Waals surface area contributed by atoms with Gasteiger partial charge in [0.1, 0.15) is 11.5 Å². The van der Waals surface area contributed by atoms with Crippen LogP contribution in [0.4, 0.5) is 0 Å². The van der Waals surface area contributed by atoms with Crippen molar-refractivity contribution >= 4 is 5.78 Å². The summed E-state index contributed by atoms with van der Waals surface area (Å²) >= 11 is 0. The maximum Gasteiger partial charge on any atom is 0.146 e. The van der Waals surface area contributed by atoms with E-state index in [0.717, 1.165) is 18.4 Å². The summed E-state index contributed by atoms with van der Waals surface area (Å²) in [6.07, 6.45) is 2.59. The second-order valence-electron chi connectivity index (χ2n) is 6.62. The molecule has 2 atom stereocenters. The number of hydrogen-bond donors (Lipinski definition) is 3. The highest BCUT2D eigenvalue weighted by Gasteiger charge is 2.15. The zero-order valence-electron chi connectivity index (χ0n) is 14.5. The maximum absolute atomic E-state index is 10.8. The molecule has 130 valence electrons. The quantitative estimate of drug-likeness (QED) is 0.750. The number of nitrogens with two attached hydrogens (primary N) is 1. The van der Waals surface area contributed by atoms with Crippen molar-refractivity contribution in [3.05, 3.63) is 29.8 Å². The Labute approximate surface area is 137 Å². The van der Waals surface area contributed by atoms with Gasteiger partial charge in [0.25, 0.3) is 0 Å². The Morgan fingerprint density at radius 1 is 1.32 bits per heavy atom. The first-order chi connectivity index (χ1) is 10.0. The van der Waals surface area contributed by atoms with E-state index in [4.69, 9.17) is 10.8 Å². The van der Waals surface area contributed by atoms with Crippen LogP contribution in [0.25, 0.3) is 0 Å². The number of aliphatic hydroxyl groups is 1. The number of benzene rings is 1. The highest BCUT2D eigenvalue weighted by Crippen LogP contribution is 2.17. The largest absolute Gasteiger partial charge is 0.508 e. The summed E-state index contributed by atoms with van der Waals surface area (Å²) in [5.74, 6) is 0.846. The van der Waals surface area contributed by atoms with Crippen molar-refractivity contribution in [3.8, 4) is 5.75 Å². The van der Waals surface area contributed by atoms with Crippen LogP contribution in [0, 0.1) is 5.92 Å². The number of carbonyl (C=O) groups is 1. The molecule has 0 heterocycles. The highest BCUT2D eigenvalue weighted by molar-refractivity contribution is 5.81. The molecule has 1 aromatic rings. The minimum Gasteiger partial charge on any atom is -0.508 e. The summed E-state index contributed by atoms with van der Waals surface area (Å²) < 4.78 is 0. The molecule has 0 saturated heterocycles. The van der Waals surface area contributed by atoms with Crippen LogP contribution < -0.4 is 5.73 Å². The van der Waals surface area contributed by atoms with Crippen molar-refractivity contribution in [2.24, 2.45) is 11.7 Å². The van der Waals surface area contributed by atoms with Crippen LogP contribution in [0.2, 0.25) is 0 Å². The molecule has 0 aromatic heterocycles. The number of ketones is 1. The first kappa shape index (κ1) is 20.6. The van der Waals surface area contributed by atoms with E-state index in [2.05, 4.69) is 13.8 Å². The van der Waals surface area contributed by atoms with Crippen molar-refractivity contribution in [2.75, 3.05) is 0 Å². The van der Waals surface area contributed by atoms with Gasteiger partial charge in [0, 0.05) is 2.85 Å². The third-order valence-corrected chi connectivity index (χ3v) is 3.46. The lowest BCUT2D eigenvalue weighted by Crippen LogP contribution is -2.30. The number of aromatic hydroxyl groups is 1. The molecule has 0 radical (unpaired) electrons. The van der Waals surface area contributed by atoms with Crippen molar-refractivity contribution in [1.29, 1.82) is 0 Å². The summed E-state index contributed by atoms with van der Waals surface area (Å²) in [4.78, 5) is 10.8. The van der Waals surface area contributed by atoms with E-state index in [0.29, 0.717) is 12.3 Å². The Morgan fingerprint density at radius 3 is 2.14 bits per heavy atom. The van der Waals surface area contributed by atoms with E-state index in [1.54, 1.807) is 24.3 Å². The molecule has 0 saturated carbocycles. The molecule has 1 rings (SSSR count). The molecule has 0 aliphatic rings. The van der Waals surface area contributed by atoms with Gasteiger partial charge in [-0.05, 0) is 57.2 Å². The standard InChI is InChI=1S/C10H13NO2.C8H18O.2H2/c1-7(12)10(11)6-8-2-4-9(13)5-3-8;1-5-7(2)6-8(3,4)9;;/h2-5,10,13H,6,11H2,1H3;7,9H,5-6H2,1-4H3;2*1H/t10-;7-;;/m00../s1. The van der Waals surface area contributed by atoms with E-state index in [1.165, 1.54) is 6.92 Å². The van der Waals surface area contributed by atoms with E-state index in [1.807, 2.05) is 13.8 Å². The van der Waals surface area contributed by atoms with Gasteiger partial charge in [-0.25, -0.2) is 0 Å². The molecule has 4 N–H and O–H groups in total. The summed E-state index contributed by atoms with van der Waals surface area (Å²) in [5.41, 5.74) is 6.06. The number of hydrogen-bond acceptors (Lipinski definition) is 4. The minimum absolute atomic E-state index is 0. The van der Waals surface area contributed by atoms with Crippen molar-refractivity contribution < 1.29 is 17.9 Å². The van der Waals surface area contributed by atoms with Crippen LogP contribution in [-0.4, -0.2) is 27.6 Å². The monoisotopic (exact) mass is 313 g/mol. The van der Waals surface area contributed by atoms with E-state index in [9.17, 15) is 9.90 Å². The Kier molecular flexibility index (Phi) is 8.99. The second kappa shape index (κ2) is 9.59. The van der Waals surface area contributed by atoms with E-state index < -0.39 is 11.6 Å². The molecule has 0 spiro atoms. The number of phenols is 1. The van der Waals surface area contributed by atoms with Gasteiger partial charge in [0.15, 0.2) is 0 Å². The van der Waals surface area contributed by atoms with Crippen LogP contribution in [0.1, 0.15) is 55.9 Å². The molecule has 22 heavy (non-hydrogen) atoms. The lowest BCUT2D eigenvalue weighted by molar-refractivity contribution is -0.118. The number of phenolic OH excluding ortho intramolecular Hbond substituents is 1. The van der Waals surface area contributed by atoms with Crippen molar-refractivity contribution in [1.82, 2.24) is 0 Å². The first-order valence-electron chi connectivity index (χ1n) is 7.81. The van der Waals surface area contributed by atoms with Gasteiger partial charge in [-0.15, -0.1) is 0 Å². The average Bonchev–Trinajstić information content (AvgIpc) is 2.40. The van der Waals surface area contributed by atoms with Gasteiger partial charge in [-0.2, -0.15) is 0 Å². The molecule has 0 fully saturated rings. The third kappa shape index (κ3) is 10.4. The molecular formula is C18H35NO3. The van der Waals surface area contributed by atoms with Gasteiger partial charge in [0.05, 0.1) is 11.6 Å². The van der Waals surface area contributed by atoms with Gasteiger partial charge in [-0.1, -0.05) is 32.4 Å². The Morgan fingerprint density at radius 2 is 1.82 bits per heavy atom. The topological polar surface area (TPSA) is 83.6 Å². The molecule has 4 heteroatoms. The van der Waals surface area contributed by atoms with E-state index in [-0.39, 0.29) is 14.4 Å². The van der Waals surface area contributed by atoms with E-state index >= 15 is 0 Å². The normalized spacial score (nSPS) is 13.8. The average molecular weight is 313 g/mol. The first-order valence-corrected chi connectivity index (χ1v) is 7.81. The minimum atomic E-state index is -0.477. The molecule has 1 aromatic carbocycles. The SMILES string of the molecule is CC(=O)[C@@H](N)Cc1ccc(O)cc1.CC[C@H](C)CC(C)(C)O.[HH].[HH]. The van der Waals surface area contributed by atoms with Crippen molar-refractivity contribution in [2.45, 2.75) is 65.5 Å². The molecule has 0 amide bonds. The molecule has 0 bridgehead atoms. The molecule has 0 aliphatic heterocycles. The smallest absolute Gasteiger partial charge is 0.146 e. The summed E-state index contributed by atoms with van der Waals surface area (Å²) in [5, 5.41) is 18.3. The summed E-state index contributed by atoms with van der Waals surface area (Å²) in [6, 6.07) is 6.25. The summed E-state index contributed by atoms with van der Waals surface area (Å²) in [7, 11) is 0. The van der Waals surface area contributed by atoms with Crippen LogP contribution >= 0.6 is 0 Å². The zero-order valence-corrected chi connectivity index (χ0v) is 14.5. The predicted octanol–water partition coefficient (Wildman–Crippen LogP) is 3.54. The van der Waals surface area contributed by atoms with Gasteiger partial charge < -0.3 is 15.9 Å². The number of carbonyl (C=O) groups excluding carboxylic acids is 1. The van der Waals surface area contributed by atoms with Gasteiger partial charge >= 0.3 is 0 Å². The Balaban J connectivity index is -0.000000360. The Hall–Kier alpha value is -1.39. The van der Waals surface area contributed by atoms with Crippen LogP contribution in [0.5, 0.6) is 5.75 Å². The second-order valence-corrected chi connectivity index (χ2v) is 6.62. The van der Waals surface area contributed by atoms with Crippen LogP contribution in [0.15, 0.2) is 24.3 Å². The van der Waals surface area contributed by atoms with Crippen molar-refractivity contribution in [3.63, 3.8) is 0 Å². The maximum atomic E-state index is 10.8. The molecule has 4 nitrogen and oxygen atoms in total. The Bertz CT molecular complexity index is 445. The van der Waals surface area contributed by atoms with Crippen LogP contribution in [0.3, 0.4) is 0 Å².